The van der Waals surface area contributed by atoms with E-state index in [0.717, 1.165) is 67.4 Å². The number of thiophene rings is 1. The monoisotopic (exact) mass is 605 g/mol. The van der Waals surface area contributed by atoms with E-state index < -0.39 is 11.9 Å². The van der Waals surface area contributed by atoms with Gasteiger partial charge < -0.3 is 10.1 Å². The summed E-state index contributed by atoms with van der Waals surface area (Å²) in [7, 11) is 1.97. The van der Waals surface area contributed by atoms with Crippen molar-refractivity contribution >= 4 is 29.4 Å². The SMILES string of the molecule is CC1Cc2cc(C=O)sc2C2(CCN(C(C)c3ccc(C(F)(F)F)nc3)CC2)O1.CCSc1ccc(CNC)cc1. The molecule has 10 heteroatoms. The van der Waals surface area contributed by atoms with Crippen LogP contribution in [0, 0.1) is 0 Å². The van der Waals surface area contributed by atoms with Crippen LogP contribution in [0.3, 0.4) is 0 Å². The molecule has 4 heterocycles. The highest BCUT2D eigenvalue weighted by atomic mass is 32.2. The van der Waals surface area contributed by atoms with Crippen LogP contribution in [-0.4, -0.2) is 48.2 Å². The molecule has 0 radical (unpaired) electrons. The van der Waals surface area contributed by atoms with E-state index in [9.17, 15) is 18.0 Å². The number of halogens is 3. The number of hydrogen-bond donors (Lipinski definition) is 1. The number of aldehydes is 1. The van der Waals surface area contributed by atoms with Gasteiger partial charge in [-0.2, -0.15) is 13.2 Å². The number of ether oxygens (including phenoxy) is 1. The van der Waals surface area contributed by atoms with Crippen LogP contribution in [0.1, 0.15) is 76.6 Å². The average Bonchev–Trinajstić information content (AvgIpc) is 3.39. The second-order valence-electron chi connectivity index (χ2n) is 10.5. The molecule has 41 heavy (non-hydrogen) atoms. The summed E-state index contributed by atoms with van der Waals surface area (Å²) in [6, 6.07) is 13.2. The van der Waals surface area contributed by atoms with E-state index in [0.29, 0.717) is 0 Å². The van der Waals surface area contributed by atoms with Gasteiger partial charge in [0.1, 0.15) is 11.3 Å². The van der Waals surface area contributed by atoms with Crippen LogP contribution in [-0.2, 0) is 29.5 Å². The van der Waals surface area contributed by atoms with E-state index >= 15 is 0 Å². The molecule has 0 amide bonds. The zero-order valence-corrected chi connectivity index (χ0v) is 25.6. The number of alkyl halides is 3. The number of carbonyl (C=O) groups excluding carboxylic acids is 1. The number of piperidine rings is 1. The second kappa shape index (κ2) is 13.8. The molecule has 222 valence electrons. The number of aromatic nitrogens is 1. The lowest BCUT2D eigenvalue weighted by Crippen LogP contribution is -2.48. The third-order valence-corrected chi connectivity index (χ3v) is 9.80. The van der Waals surface area contributed by atoms with E-state index in [1.165, 1.54) is 44.5 Å². The molecule has 1 saturated heterocycles. The Morgan fingerprint density at radius 3 is 2.49 bits per heavy atom. The largest absolute Gasteiger partial charge is 0.433 e. The minimum Gasteiger partial charge on any atom is -0.366 e. The molecule has 2 unspecified atom stereocenters. The van der Waals surface area contributed by atoms with Gasteiger partial charge in [-0.25, -0.2) is 0 Å². The van der Waals surface area contributed by atoms with Gasteiger partial charge in [0, 0.05) is 41.6 Å². The highest BCUT2D eigenvalue weighted by molar-refractivity contribution is 7.99. The first-order chi connectivity index (χ1) is 19.6. The molecule has 5 nitrogen and oxygen atoms in total. The quantitative estimate of drug-likeness (QED) is 0.222. The van der Waals surface area contributed by atoms with Gasteiger partial charge in [-0.1, -0.05) is 25.1 Å². The first-order valence-electron chi connectivity index (χ1n) is 14.0. The normalized spacial score (nSPS) is 19.2. The van der Waals surface area contributed by atoms with E-state index in [4.69, 9.17) is 4.74 Å². The summed E-state index contributed by atoms with van der Waals surface area (Å²) in [6.07, 6.45) is 0.301. The van der Waals surface area contributed by atoms with Crippen LogP contribution in [0.5, 0.6) is 0 Å². The van der Waals surface area contributed by atoms with Crippen molar-refractivity contribution in [2.24, 2.45) is 0 Å². The zero-order chi connectivity index (χ0) is 29.6. The summed E-state index contributed by atoms with van der Waals surface area (Å²) < 4.78 is 44.7. The van der Waals surface area contributed by atoms with Gasteiger partial charge in [-0.15, -0.1) is 23.1 Å². The van der Waals surface area contributed by atoms with E-state index in [-0.39, 0.29) is 17.7 Å². The Labute approximate surface area is 248 Å². The molecular formula is C31H38F3N3O2S2. The molecule has 1 aromatic carbocycles. The topological polar surface area (TPSA) is 54.5 Å². The molecule has 1 fully saturated rings. The molecule has 2 aliphatic rings. The van der Waals surface area contributed by atoms with Crippen molar-refractivity contribution in [3.63, 3.8) is 0 Å². The summed E-state index contributed by atoms with van der Waals surface area (Å²) in [5.41, 5.74) is 2.09. The predicted molar refractivity (Wildman–Crippen MR) is 160 cm³/mol. The lowest BCUT2D eigenvalue weighted by atomic mass is 9.83. The Morgan fingerprint density at radius 1 is 1.22 bits per heavy atom. The fourth-order valence-corrected chi connectivity index (χ4v) is 7.42. The lowest BCUT2D eigenvalue weighted by Gasteiger charge is -2.47. The van der Waals surface area contributed by atoms with Crippen LogP contribution in [0.25, 0.3) is 0 Å². The van der Waals surface area contributed by atoms with Crippen LogP contribution >= 0.6 is 23.1 Å². The molecule has 2 aliphatic heterocycles. The molecule has 0 saturated carbocycles. The fourth-order valence-electron chi connectivity index (χ4n) is 5.56. The van der Waals surface area contributed by atoms with Crippen LogP contribution in [0.2, 0.25) is 0 Å². The maximum absolute atomic E-state index is 12.8. The summed E-state index contributed by atoms with van der Waals surface area (Å²) in [4.78, 5) is 20.4. The fraction of sp³-hybridized carbons (Fsp3) is 0.484. The minimum absolute atomic E-state index is 0.0310. The molecule has 2 aromatic heterocycles. The van der Waals surface area contributed by atoms with Crippen molar-refractivity contribution in [1.82, 2.24) is 15.2 Å². The number of pyridine rings is 1. The number of nitrogens with one attached hydrogen (secondary N) is 1. The zero-order valence-electron chi connectivity index (χ0n) is 24.0. The molecule has 1 spiro atoms. The number of thioether (sulfide) groups is 1. The van der Waals surface area contributed by atoms with Crippen molar-refractivity contribution in [3.05, 3.63) is 80.8 Å². The lowest BCUT2D eigenvalue weighted by molar-refractivity contribution is -0.141. The van der Waals surface area contributed by atoms with Gasteiger partial charge in [0.15, 0.2) is 6.29 Å². The summed E-state index contributed by atoms with van der Waals surface area (Å²) in [5, 5.41) is 3.13. The summed E-state index contributed by atoms with van der Waals surface area (Å²) in [6.45, 7) is 8.72. The number of likely N-dealkylation sites (tertiary alicyclic amines) is 1. The number of nitrogens with zero attached hydrogens (tertiary/aromatic N) is 2. The average molecular weight is 606 g/mol. The third kappa shape index (κ3) is 7.78. The van der Waals surface area contributed by atoms with Crippen LogP contribution in [0.15, 0.2) is 53.6 Å². The Kier molecular flexibility index (Phi) is 10.7. The van der Waals surface area contributed by atoms with Crippen molar-refractivity contribution in [3.8, 4) is 0 Å². The van der Waals surface area contributed by atoms with Crippen molar-refractivity contribution < 1.29 is 22.7 Å². The van der Waals surface area contributed by atoms with Crippen molar-refractivity contribution in [2.75, 3.05) is 25.9 Å². The standard InChI is InChI=1S/C21H23F3N2O2S.C10H15NS/c1-13-9-16-10-17(12-27)29-19(16)20(28-13)5-7-26(8-6-20)14(2)15-3-4-18(25-11-15)21(22,23)24;1-3-12-10-6-4-9(5-7-10)8-11-2/h3-4,10-14H,5-9H2,1-2H3;4-7,11H,3,8H2,1-2H3. The molecule has 5 rings (SSSR count). The van der Waals surface area contributed by atoms with E-state index in [2.05, 4.69) is 53.3 Å². The van der Waals surface area contributed by atoms with E-state index in [1.807, 2.05) is 31.8 Å². The molecule has 0 aliphatic carbocycles. The number of benzene rings is 1. The van der Waals surface area contributed by atoms with Gasteiger partial charge in [-0.05, 0) is 86.9 Å². The van der Waals surface area contributed by atoms with E-state index in [1.54, 1.807) is 0 Å². The Morgan fingerprint density at radius 2 is 1.93 bits per heavy atom. The van der Waals surface area contributed by atoms with Crippen LogP contribution < -0.4 is 5.32 Å². The van der Waals surface area contributed by atoms with Gasteiger partial charge in [-0.3, -0.25) is 14.7 Å². The molecule has 1 N–H and O–H groups in total. The second-order valence-corrected chi connectivity index (χ2v) is 13.0. The molecule has 3 aromatic rings. The Bertz CT molecular complexity index is 1250. The molecule has 2 atom stereocenters. The maximum atomic E-state index is 12.8. The van der Waals surface area contributed by atoms with Gasteiger partial charge in [0.2, 0.25) is 0 Å². The third-order valence-electron chi connectivity index (χ3n) is 7.62. The number of rotatable bonds is 7. The first kappa shape index (κ1) is 31.7. The number of hydrogen-bond acceptors (Lipinski definition) is 7. The Hall–Kier alpha value is -2.24. The van der Waals surface area contributed by atoms with Gasteiger partial charge >= 0.3 is 6.18 Å². The smallest absolute Gasteiger partial charge is 0.366 e. The van der Waals surface area contributed by atoms with Crippen LogP contribution in [0.4, 0.5) is 13.2 Å². The predicted octanol–water partition coefficient (Wildman–Crippen LogP) is 7.51. The number of fused-ring (bicyclic) bond motifs is 2. The minimum atomic E-state index is -4.42. The van der Waals surface area contributed by atoms with Crippen molar-refractivity contribution in [2.45, 2.75) is 75.4 Å². The summed E-state index contributed by atoms with van der Waals surface area (Å²) >= 11 is 3.41. The highest BCUT2D eigenvalue weighted by Crippen LogP contribution is 2.47. The number of carbonyl (C=O) groups is 1. The van der Waals surface area contributed by atoms with Gasteiger partial charge in [0.05, 0.1) is 11.0 Å². The molecular weight excluding hydrogens is 567 g/mol. The summed E-state index contributed by atoms with van der Waals surface area (Å²) in [5.74, 6) is 1.14. The highest BCUT2D eigenvalue weighted by Gasteiger charge is 2.45. The van der Waals surface area contributed by atoms with Crippen molar-refractivity contribution in [1.29, 1.82) is 0 Å². The Balaban J connectivity index is 0.000000271. The van der Waals surface area contributed by atoms with Gasteiger partial charge in [0.25, 0.3) is 0 Å². The first-order valence-corrected chi connectivity index (χ1v) is 15.8. The molecule has 0 bridgehead atoms. The maximum Gasteiger partial charge on any atom is 0.433 e.